The first-order valence-corrected chi connectivity index (χ1v) is 5.63. The Bertz CT molecular complexity index is 537. The van der Waals surface area contributed by atoms with E-state index in [1.165, 1.54) is 17.8 Å². The Morgan fingerprint density at radius 3 is 2.69 bits per heavy atom. The van der Waals surface area contributed by atoms with Gasteiger partial charge in [0.1, 0.15) is 10.2 Å². The monoisotopic (exact) mass is 247 g/mol. The Kier molecular flexibility index (Phi) is 3.40. The number of hydrogen-bond acceptors (Lipinski definition) is 4. The lowest BCUT2D eigenvalue weighted by Crippen LogP contribution is -1.84. The number of nitriles is 1. The van der Waals surface area contributed by atoms with Crippen molar-refractivity contribution in [2.24, 2.45) is 0 Å². The van der Waals surface area contributed by atoms with Gasteiger partial charge < -0.3 is 0 Å². The summed E-state index contributed by atoms with van der Waals surface area (Å²) >= 11 is 7.25. The second-order valence-corrected chi connectivity index (χ2v) is 4.39. The van der Waals surface area contributed by atoms with Crippen LogP contribution in [0.1, 0.15) is 5.56 Å². The van der Waals surface area contributed by atoms with Gasteiger partial charge in [-0.05, 0) is 24.3 Å². The van der Waals surface area contributed by atoms with Crippen molar-refractivity contribution in [3.8, 4) is 6.07 Å². The lowest BCUT2D eigenvalue weighted by atomic mass is 10.3. The van der Waals surface area contributed by atoms with Crippen molar-refractivity contribution in [1.82, 2.24) is 9.97 Å². The molecular weight excluding hydrogens is 242 g/mol. The van der Waals surface area contributed by atoms with Crippen LogP contribution in [-0.4, -0.2) is 9.97 Å². The molecule has 2 rings (SSSR count). The van der Waals surface area contributed by atoms with Gasteiger partial charge in [-0.3, -0.25) is 4.98 Å². The number of hydrogen-bond donors (Lipinski definition) is 0. The van der Waals surface area contributed by atoms with E-state index in [0.717, 1.165) is 4.90 Å². The van der Waals surface area contributed by atoms with E-state index < -0.39 is 0 Å². The van der Waals surface area contributed by atoms with Crippen LogP contribution in [0.3, 0.4) is 0 Å². The van der Waals surface area contributed by atoms with E-state index in [1.54, 1.807) is 18.5 Å². The number of aromatic nitrogens is 2. The van der Waals surface area contributed by atoms with Gasteiger partial charge in [-0.15, -0.1) is 0 Å². The van der Waals surface area contributed by atoms with Crippen molar-refractivity contribution >= 4 is 23.4 Å². The molecule has 0 bridgehead atoms. The Morgan fingerprint density at radius 1 is 1.25 bits per heavy atom. The second kappa shape index (κ2) is 4.97. The van der Waals surface area contributed by atoms with Crippen LogP contribution >= 0.6 is 23.4 Å². The lowest BCUT2D eigenvalue weighted by Gasteiger charge is -2.01. The minimum absolute atomic E-state index is 0.329. The number of pyridine rings is 2. The van der Waals surface area contributed by atoms with Crippen LogP contribution in [-0.2, 0) is 0 Å². The standard InChI is InChI=1S/C11H6ClN3S/c12-10-5-8(7-13)6-11(15-10)16-9-1-3-14-4-2-9/h1-6H. The van der Waals surface area contributed by atoms with E-state index in [-0.39, 0.29) is 0 Å². The van der Waals surface area contributed by atoms with Crippen molar-refractivity contribution < 1.29 is 0 Å². The van der Waals surface area contributed by atoms with E-state index >= 15 is 0 Å². The van der Waals surface area contributed by atoms with Gasteiger partial charge in [-0.25, -0.2) is 4.98 Å². The SMILES string of the molecule is N#Cc1cc(Cl)nc(Sc2ccncc2)c1. The van der Waals surface area contributed by atoms with Gasteiger partial charge in [0.2, 0.25) is 0 Å². The van der Waals surface area contributed by atoms with Crippen LogP contribution in [0, 0.1) is 11.3 Å². The molecule has 0 spiro atoms. The summed E-state index contributed by atoms with van der Waals surface area (Å²) in [5.41, 5.74) is 0.511. The molecule has 2 aromatic heterocycles. The molecule has 0 saturated heterocycles. The van der Waals surface area contributed by atoms with Crippen LogP contribution in [0.2, 0.25) is 5.15 Å². The minimum Gasteiger partial charge on any atom is -0.265 e. The molecule has 2 aromatic rings. The molecule has 16 heavy (non-hydrogen) atoms. The normalized spacial score (nSPS) is 9.75. The van der Waals surface area contributed by atoms with Gasteiger partial charge in [0, 0.05) is 17.3 Å². The molecule has 0 fully saturated rings. The van der Waals surface area contributed by atoms with E-state index in [2.05, 4.69) is 9.97 Å². The zero-order valence-electron chi connectivity index (χ0n) is 8.09. The topological polar surface area (TPSA) is 49.6 Å². The number of rotatable bonds is 2. The van der Waals surface area contributed by atoms with Crippen LogP contribution in [0.15, 0.2) is 46.6 Å². The molecule has 0 aromatic carbocycles. The largest absolute Gasteiger partial charge is 0.265 e. The third kappa shape index (κ3) is 2.72. The molecule has 0 radical (unpaired) electrons. The van der Waals surface area contributed by atoms with Crippen LogP contribution in [0.4, 0.5) is 0 Å². The zero-order valence-corrected chi connectivity index (χ0v) is 9.66. The fourth-order valence-electron chi connectivity index (χ4n) is 1.12. The summed E-state index contributed by atoms with van der Waals surface area (Å²) in [6.07, 6.45) is 3.41. The smallest absolute Gasteiger partial charge is 0.131 e. The number of nitrogens with zero attached hydrogens (tertiary/aromatic N) is 3. The highest BCUT2D eigenvalue weighted by Crippen LogP contribution is 2.27. The summed E-state index contributed by atoms with van der Waals surface area (Å²) in [5, 5.41) is 9.83. The molecule has 0 aliphatic carbocycles. The predicted octanol–water partition coefficient (Wildman–Crippen LogP) is 3.15. The molecule has 0 atom stereocenters. The average Bonchev–Trinajstić information content (AvgIpc) is 2.29. The van der Waals surface area contributed by atoms with E-state index in [4.69, 9.17) is 16.9 Å². The van der Waals surface area contributed by atoms with Gasteiger partial charge in [0.05, 0.1) is 11.6 Å². The first-order chi connectivity index (χ1) is 7.78. The third-order valence-corrected chi connectivity index (χ3v) is 2.89. The summed E-state index contributed by atoms with van der Waals surface area (Å²) in [6, 6.07) is 9.04. The summed E-state index contributed by atoms with van der Waals surface area (Å²) in [7, 11) is 0. The van der Waals surface area contributed by atoms with Crippen molar-refractivity contribution in [3.05, 3.63) is 47.4 Å². The van der Waals surface area contributed by atoms with Crippen LogP contribution in [0.5, 0.6) is 0 Å². The van der Waals surface area contributed by atoms with Gasteiger partial charge in [0.15, 0.2) is 0 Å². The minimum atomic E-state index is 0.329. The summed E-state index contributed by atoms with van der Waals surface area (Å²) in [4.78, 5) is 9.07. The first-order valence-electron chi connectivity index (χ1n) is 4.43. The fourth-order valence-corrected chi connectivity index (χ4v) is 2.20. The molecule has 2 heterocycles. The molecule has 5 heteroatoms. The molecule has 0 amide bonds. The molecule has 0 saturated carbocycles. The van der Waals surface area contributed by atoms with Gasteiger partial charge in [0.25, 0.3) is 0 Å². The average molecular weight is 248 g/mol. The lowest BCUT2D eigenvalue weighted by molar-refractivity contribution is 1.12. The predicted molar refractivity (Wildman–Crippen MR) is 62.3 cm³/mol. The van der Waals surface area contributed by atoms with Gasteiger partial charge in [-0.2, -0.15) is 5.26 Å². The molecular formula is C11H6ClN3S. The van der Waals surface area contributed by atoms with Crippen molar-refractivity contribution in [3.63, 3.8) is 0 Å². The highest BCUT2D eigenvalue weighted by atomic mass is 35.5. The number of halogens is 1. The van der Waals surface area contributed by atoms with Crippen LogP contribution < -0.4 is 0 Å². The highest BCUT2D eigenvalue weighted by Gasteiger charge is 2.02. The molecule has 0 aliphatic heterocycles. The Balaban J connectivity index is 2.29. The highest BCUT2D eigenvalue weighted by molar-refractivity contribution is 7.99. The maximum atomic E-state index is 8.80. The quantitative estimate of drug-likeness (QED) is 0.765. The third-order valence-electron chi connectivity index (χ3n) is 1.77. The van der Waals surface area contributed by atoms with Crippen LogP contribution in [0.25, 0.3) is 0 Å². The van der Waals surface area contributed by atoms with Gasteiger partial charge >= 0.3 is 0 Å². The molecule has 78 valence electrons. The second-order valence-electron chi connectivity index (χ2n) is 2.91. The fraction of sp³-hybridized carbons (Fsp3) is 0. The summed E-state index contributed by atoms with van der Waals surface area (Å²) < 4.78 is 0. The molecule has 3 nitrogen and oxygen atoms in total. The first kappa shape index (κ1) is 10.9. The Morgan fingerprint density at radius 2 is 2.00 bits per heavy atom. The van der Waals surface area contributed by atoms with Crippen molar-refractivity contribution in [2.45, 2.75) is 9.92 Å². The summed E-state index contributed by atoms with van der Waals surface area (Å²) in [5.74, 6) is 0. The van der Waals surface area contributed by atoms with E-state index in [9.17, 15) is 0 Å². The maximum Gasteiger partial charge on any atom is 0.131 e. The van der Waals surface area contributed by atoms with E-state index in [0.29, 0.717) is 15.7 Å². The Labute approximate surface area is 102 Å². The Hall–Kier alpha value is -1.57. The molecule has 0 unspecified atom stereocenters. The van der Waals surface area contributed by atoms with Crippen molar-refractivity contribution in [2.75, 3.05) is 0 Å². The molecule has 0 N–H and O–H groups in total. The van der Waals surface area contributed by atoms with E-state index in [1.807, 2.05) is 18.2 Å². The summed E-state index contributed by atoms with van der Waals surface area (Å²) in [6.45, 7) is 0. The molecule has 0 aliphatic rings. The maximum absolute atomic E-state index is 8.80. The van der Waals surface area contributed by atoms with Crippen molar-refractivity contribution in [1.29, 1.82) is 5.26 Å². The van der Waals surface area contributed by atoms with Gasteiger partial charge in [-0.1, -0.05) is 23.4 Å². The zero-order chi connectivity index (χ0) is 11.4.